The fraction of sp³-hybridized carbons (Fsp3) is 0.500. The number of hydrogen-bond acceptors (Lipinski definition) is 7. The molecule has 2 aliphatic rings. The summed E-state index contributed by atoms with van der Waals surface area (Å²) in [7, 11) is 3.11. The number of nitrogens with zero attached hydrogens (tertiary/aromatic N) is 3. The van der Waals surface area contributed by atoms with Crippen LogP contribution in [0.2, 0.25) is 0 Å². The molecule has 3 aromatic rings. The normalized spacial score (nSPS) is 20.2. The number of carbonyl (C=O) groups is 2. The maximum atomic E-state index is 13.1. The molecule has 0 amide bonds. The molecule has 2 fully saturated rings. The van der Waals surface area contributed by atoms with Crippen molar-refractivity contribution < 1.29 is 23.8 Å². The van der Waals surface area contributed by atoms with E-state index < -0.39 is 5.60 Å². The zero-order chi connectivity index (χ0) is 28.6. The van der Waals surface area contributed by atoms with Gasteiger partial charge in [0.15, 0.2) is 0 Å². The van der Waals surface area contributed by atoms with Crippen LogP contribution in [0.25, 0.3) is 10.9 Å². The first-order chi connectivity index (χ1) is 19.1. The molecule has 2 aliphatic heterocycles. The number of likely N-dealkylation sites (tertiary alicyclic amines) is 2. The van der Waals surface area contributed by atoms with Gasteiger partial charge in [-0.25, -0.2) is 9.59 Å². The number of ether oxygens (including phenoxy) is 3. The summed E-state index contributed by atoms with van der Waals surface area (Å²) >= 11 is 0. The van der Waals surface area contributed by atoms with Crippen LogP contribution in [0.4, 0.5) is 4.79 Å². The van der Waals surface area contributed by atoms with Crippen LogP contribution >= 0.6 is 0 Å². The Morgan fingerprint density at radius 1 is 1.02 bits per heavy atom. The average molecular weight is 548 g/mol. The van der Waals surface area contributed by atoms with Gasteiger partial charge in [-0.15, -0.1) is 0 Å². The zero-order valence-corrected chi connectivity index (χ0v) is 24.5. The van der Waals surface area contributed by atoms with Crippen LogP contribution < -0.4 is 4.74 Å². The molecule has 0 aliphatic carbocycles. The number of carbonyl (C=O) groups excluding carboxylic acids is 2. The van der Waals surface area contributed by atoms with Gasteiger partial charge in [-0.1, -0.05) is 12.1 Å². The van der Waals surface area contributed by atoms with Crippen molar-refractivity contribution in [2.75, 3.05) is 33.9 Å². The minimum atomic E-state index is -0.589. The average Bonchev–Trinajstić information content (AvgIpc) is 3.35. The van der Waals surface area contributed by atoms with Crippen LogP contribution in [0.3, 0.4) is 0 Å². The molecule has 3 heterocycles. The molecule has 0 bridgehead atoms. The van der Waals surface area contributed by atoms with Gasteiger partial charge in [0.05, 0.1) is 25.3 Å². The Balaban J connectivity index is 1.50. The van der Waals surface area contributed by atoms with Crippen molar-refractivity contribution in [1.82, 2.24) is 14.4 Å². The summed E-state index contributed by atoms with van der Waals surface area (Å²) in [6.07, 6.45) is 4.81. The summed E-state index contributed by atoms with van der Waals surface area (Å²) in [5.41, 5.74) is 4.01. The van der Waals surface area contributed by atoms with Gasteiger partial charge in [-0.3, -0.25) is 9.47 Å². The van der Waals surface area contributed by atoms with Crippen molar-refractivity contribution in [2.24, 2.45) is 0 Å². The quantitative estimate of drug-likeness (QED) is 0.354. The molecule has 8 heteroatoms. The molecule has 1 aromatic heterocycles. The van der Waals surface area contributed by atoms with Gasteiger partial charge < -0.3 is 19.1 Å². The Bertz CT molecular complexity index is 1380. The summed E-state index contributed by atoms with van der Waals surface area (Å²) in [5.74, 6) is 0.489. The number of rotatable bonds is 6. The van der Waals surface area contributed by atoms with Gasteiger partial charge in [0.2, 0.25) is 0 Å². The molecule has 0 saturated carbocycles. The van der Waals surface area contributed by atoms with E-state index in [1.54, 1.807) is 17.9 Å². The minimum absolute atomic E-state index is 0.181. The van der Waals surface area contributed by atoms with E-state index >= 15 is 0 Å². The van der Waals surface area contributed by atoms with Crippen molar-refractivity contribution in [1.29, 1.82) is 0 Å². The summed E-state index contributed by atoms with van der Waals surface area (Å²) in [6.45, 7) is 11.6. The van der Waals surface area contributed by atoms with Crippen molar-refractivity contribution in [3.8, 4) is 5.75 Å². The predicted molar refractivity (Wildman–Crippen MR) is 155 cm³/mol. The van der Waals surface area contributed by atoms with E-state index in [1.165, 1.54) is 32.2 Å². The monoisotopic (exact) mass is 547 g/mol. The van der Waals surface area contributed by atoms with E-state index in [2.05, 4.69) is 21.9 Å². The molecule has 214 valence electrons. The third kappa shape index (κ3) is 5.60. The van der Waals surface area contributed by atoms with Crippen LogP contribution in [0, 0.1) is 6.92 Å². The summed E-state index contributed by atoms with van der Waals surface area (Å²) in [4.78, 5) is 30.2. The smallest absolute Gasteiger partial charge is 0.419 e. The Labute approximate surface area is 236 Å². The third-order valence-corrected chi connectivity index (χ3v) is 8.21. The first kappa shape index (κ1) is 28.2. The molecule has 1 unspecified atom stereocenters. The molecule has 5 rings (SSSR count). The SMILES string of the molecule is COC(=O)c1ccc([C@@H]2CC(N3CCC3)CCN2Cc2c(OC)cc(C)c3c2ccn3C(=O)OC(C)(C)C)cc1. The number of fused-ring (bicyclic) bond motifs is 1. The van der Waals surface area contributed by atoms with Crippen LogP contribution in [0.5, 0.6) is 5.75 Å². The van der Waals surface area contributed by atoms with Gasteiger partial charge in [-0.05, 0) is 95.4 Å². The predicted octanol–water partition coefficient (Wildman–Crippen LogP) is 5.94. The first-order valence-corrected chi connectivity index (χ1v) is 14.2. The Morgan fingerprint density at radius 2 is 1.75 bits per heavy atom. The van der Waals surface area contributed by atoms with E-state index in [0.717, 1.165) is 47.2 Å². The summed E-state index contributed by atoms with van der Waals surface area (Å²) < 4.78 is 18.1. The number of aryl methyl sites for hydroxylation is 1. The van der Waals surface area contributed by atoms with E-state index in [1.807, 2.05) is 52.0 Å². The van der Waals surface area contributed by atoms with Crippen molar-refractivity contribution >= 4 is 23.0 Å². The minimum Gasteiger partial charge on any atom is -0.496 e. The molecular weight excluding hydrogens is 506 g/mol. The topological polar surface area (TPSA) is 73.2 Å². The first-order valence-electron chi connectivity index (χ1n) is 14.2. The highest BCUT2D eigenvalue weighted by Gasteiger charge is 2.35. The standard InChI is InChI=1S/C32H41N3O5/c1-21-18-28(38-5)26(25-13-17-35(29(21)25)31(37)40-32(2,3)4)20-34-16-12-24(33-14-7-15-33)19-27(34)22-8-10-23(11-9-22)30(36)39-6/h8-11,13,17-18,24,27H,7,12,14-16,19-20H2,1-6H3/t24?,27-/m0/s1. The number of benzene rings is 2. The summed E-state index contributed by atoms with van der Waals surface area (Å²) in [5, 5.41) is 0.993. The number of aromatic nitrogens is 1. The highest BCUT2D eigenvalue weighted by atomic mass is 16.6. The molecule has 2 saturated heterocycles. The lowest BCUT2D eigenvalue weighted by molar-refractivity contribution is 0.0292. The van der Waals surface area contributed by atoms with Crippen molar-refractivity contribution in [2.45, 2.75) is 71.2 Å². The third-order valence-electron chi connectivity index (χ3n) is 8.21. The van der Waals surface area contributed by atoms with E-state index in [9.17, 15) is 9.59 Å². The van der Waals surface area contributed by atoms with Gasteiger partial charge in [-0.2, -0.15) is 0 Å². The maximum absolute atomic E-state index is 13.1. The Kier molecular flexibility index (Phi) is 7.93. The molecule has 8 nitrogen and oxygen atoms in total. The number of methoxy groups -OCH3 is 2. The Hall–Kier alpha value is -3.36. The Morgan fingerprint density at radius 3 is 2.35 bits per heavy atom. The van der Waals surface area contributed by atoms with Gasteiger partial charge in [0.25, 0.3) is 0 Å². The van der Waals surface area contributed by atoms with E-state index in [0.29, 0.717) is 18.2 Å². The van der Waals surface area contributed by atoms with Crippen molar-refractivity contribution in [3.63, 3.8) is 0 Å². The second kappa shape index (κ2) is 11.3. The highest BCUT2D eigenvalue weighted by molar-refractivity contribution is 5.95. The van der Waals surface area contributed by atoms with Gasteiger partial charge in [0.1, 0.15) is 11.4 Å². The van der Waals surface area contributed by atoms with Gasteiger partial charge >= 0.3 is 12.1 Å². The molecular formula is C32H41N3O5. The molecule has 0 spiro atoms. The fourth-order valence-electron chi connectivity index (χ4n) is 6.10. The number of piperidine rings is 1. The fourth-order valence-corrected chi connectivity index (χ4v) is 6.10. The number of hydrogen-bond donors (Lipinski definition) is 0. The lowest BCUT2D eigenvalue weighted by atomic mass is 9.88. The van der Waals surface area contributed by atoms with Crippen LogP contribution in [0.1, 0.15) is 73.1 Å². The second-order valence-electron chi connectivity index (χ2n) is 12.0. The molecule has 2 aromatic carbocycles. The van der Waals surface area contributed by atoms with Crippen LogP contribution in [-0.4, -0.2) is 71.9 Å². The number of esters is 1. The molecule has 0 radical (unpaired) electrons. The highest BCUT2D eigenvalue weighted by Crippen LogP contribution is 2.39. The van der Waals surface area contributed by atoms with E-state index in [4.69, 9.17) is 14.2 Å². The lowest BCUT2D eigenvalue weighted by Crippen LogP contribution is -2.51. The molecule has 40 heavy (non-hydrogen) atoms. The molecule has 2 atom stereocenters. The second-order valence-corrected chi connectivity index (χ2v) is 12.0. The lowest BCUT2D eigenvalue weighted by Gasteiger charge is -2.47. The van der Waals surface area contributed by atoms with Crippen molar-refractivity contribution in [3.05, 3.63) is 64.8 Å². The largest absolute Gasteiger partial charge is 0.496 e. The van der Waals surface area contributed by atoms with Crippen LogP contribution in [0.15, 0.2) is 42.6 Å². The van der Waals surface area contributed by atoms with E-state index in [-0.39, 0.29) is 18.1 Å². The maximum Gasteiger partial charge on any atom is 0.419 e. The molecule has 0 N–H and O–H groups in total. The van der Waals surface area contributed by atoms with Crippen LogP contribution in [-0.2, 0) is 16.0 Å². The zero-order valence-electron chi connectivity index (χ0n) is 24.5. The van der Waals surface area contributed by atoms with Gasteiger partial charge in [0, 0.05) is 42.3 Å². The summed E-state index contributed by atoms with van der Waals surface area (Å²) in [6, 6.07) is 12.6.